The number of aromatic hydroxyl groups is 1. The number of ether oxygens (including phenoxy) is 1. The zero-order valence-corrected chi connectivity index (χ0v) is 17.2. The Balaban J connectivity index is 2.00. The lowest BCUT2D eigenvalue weighted by molar-refractivity contribution is 0.410. The van der Waals surface area contributed by atoms with Gasteiger partial charge in [0, 0.05) is 6.07 Å². The van der Waals surface area contributed by atoms with E-state index in [1.807, 2.05) is 0 Å². The van der Waals surface area contributed by atoms with Crippen LogP contribution in [0.25, 0.3) is 0 Å². The highest BCUT2D eigenvalue weighted by Crippen LogP contribution is 2.32. The minimum absolute atomic E-state index is 0.0376. The Morgan fingerprint density at radius 3 is 2.18 bits per heavy atom. The van der Waals surface area contributed by atoms with Gasteiger partial charge in [0.05, 0.1) is 4.90 Å². The highest BCUT2D eigenvalue weighted by atomic mass is 32.2. The molecule has 0 saturated heterocycles. The van der Waals surface area contributed by atoms with E-state index in [1.165, 1.54) is 56.7 Å². The van der Waals surface area contributed by atoms with Crippen molar-refractivity contribution in [2.75, 3.05) is 0 Å². The van der Waals surface area contributed by atoms with Gasteiger partial charge in [-0.1, -0.05) is 64.0 Å². The maximum absolute atomic E-state index is 11.6. The number of unbranched alkanes of at least 4 members (excludes halogenated alkanes) is 7. The summed E-state index contributed by atoms with van der Waals surface area (Å²) in [4.78, 5) is -0.199. The van der Waals surface area contributed by atoms with Crippen LogP contribution in [0.5, 0.6) is 17.2 Å². The summed E-state index contributed by atoms with van der Waals surface area (Å²) in [5, 5.41) is 9.86. The second kappa shape index (κ2) is 11.1. The number of benzene rings is 2. The fourth-order valence-electron chi connectivity index (χ4n) is 3.12. The van der Waals surface area contributed by atoms with Gasteiger partial charge in [-0.25, -0.2) is 0 Å². The average Bonchev–Trinajstić information content (AvgIpc) is 2.65. The summed E-state index contributed by atoms with van der Waals surface area (Å²) >= 11 is 0. The van der Waals surface area contributed by atoms with E-state index in [0.717, 1.165) is 18.4 Å². The second-order valence-corrected chi connectivity index (χ2v) is 8.50. The second-order valence-electron chi connectivity index (χ2n) is 7.08. The first kappa shape index (κ1) is 22.2. The number of aryl methyl sites for hydroxylation is 1. The molecule has 0 fully saturated rings. The molecule has 28 heavy (non-hydrogen) atoms. The molecule has 0 radical (unpaired) electrons. The van der Waals surface area contributed by atoms with Crippen molar-refractivity contribution in [3.8, 4) is 17.2 Å². The Hall–Kier alpha value is -2.05. The Labute approximate surface area is 168 Å². The number of para-hydroxylation sites is 2. The Morgan fingerprint density at radius 1 is 0.893 bits per heavy atom. The van der Waals surface area contributed by atoms with E-state index in [0.29, 0.717) is 6.42 Å². The standard InChI is InChI=1S/C22H30O5S/c1-2-3-4-5-6-7-8-9-12-18-15-19(17-20(16-18)28(24,25)26)27-22-14-11-10-13-21(22)23/h10-11,13-17,23H,2-9,12H2,1H3,(H,24,25,26). The maximum Gasteiger partial charge on any atom is 0.294 e. The summed E-state index contributed by atoms with van der Waals surface area (Å²) in [5.74, 6) is 0.462. The summed E-state index contributed by atoms with van der Waals surface area (Å²) in [6.45, 7) is 2.21. The SMILES string of the molecule is CCCCCCCCCCc1cc(Oc2ccccc2O)cc(S(=O)(=O)O)c1. The molecule has 0 bridgehead atoms. The molecular formula is C22H30O5S. The Bertz CT molecular complexity index is 846. The molecule has 2 rings (SSSR count). The van der Waals surface area contributed by atoms with Gasteiger partial charge in [0.15, 0.2) is 11.5 Å². The fourth-order valence-corrected chi connectivity index (χ4v) is 3.68. The van der Waals surface area contributed by atoms with Gasteiger partial charge in [0.1, 0.15) is 5.75 Å². The number of phenols is 1. The summed E-state index contributed by atoms with van der Waals surface area (Å²) in [5.41, 5.74) is 0.784. The van der Waals surface area contributed by atoms with E-state index >= 15 is 0 Å². The lowest BCUT2D eigenvalue weighted by Crippen LogP contribution is -2.00. The van der Waals surface area contributed by atoms with Crippen molar-refractivity contribution >= 4 is 10.1 Å². The molecule has 5 nitrogen and oxygen atoms in total. The smallest absolute Gasteiger partial charge is 0.294 e. The van der Waals surface area contributed by atoms with Crippen LogP contribution in [0.15, 0.2) is 47.4 Å². The van der Waals surface area contributed by atoms with Crippen molar-refractivity contribution in [2.45, 2.75) is 69.6 Å². The molecule has 0 saturated carbocycles. The van der Waals surface area contributed by atoms with Gasteiger partial charge in [-0.2, -0.15) is 8.42 Å². The van der Waals surface area contributed by atoms with Gasteiger partial charge in [-0.15, -0.1) is 0 Å². The fraction of sp³-hybridized carbons (Fsp3) is 0.455. The molecule has 0 aliphatic carbocycles. The predicted octanol–water partition coefficient (Wildman–Crippen LogP) is 6.11. The molecule has 154 valence electrons. The minimum Gasteiger partial charge on any atom is -0.504 e. The third kappa shape index (κ3) is 7.52. The van der Waals surface area contributed by atoms with Gasteiger partial charge in [0.2, 0.25) is 0 Å². The first-order valence-corrected chi connectivity index (χ1v) is 11.4. The molecule has 0 aliphatic rings. The molecule has 0 amide bonds. The normalized spacial score (nSPS) is 11.5. The molecule has 2 aromatic rings. The highest BCUT2D eigenvalue weighted by molar-refractivity contribution is 7.85. The van der Waals surface area contributed by atoms with Crippen LogP contribution in [-0.2, 0) is 16.5 Å². The molecule has 0 unspecified atom stereocenters. The maximum atomic E-state index is 11.6. The van der Waals surface area contributed by atoms with Crippen LogP contribution in [-0.4, -0.2) is 18.1 Å². The van der Waals surface area contributed by atoms with Gasteiger partial charge in [-0.3, -0.25) is 4.55 Å². The van der Waals surface area contributed by atoms with Crippen molar-refractivity contribution in [1.29, 1.82) is 0 Å². The van der Waals surface area contributed by atoms with E-state index in [2.05, 4.69) is 6.92 Å². The molecule has 6 heteroatoms. The minimum atomic E-state index is -4.34. The average molecular weight is 407 g/mol. The summed E-state index contributed by atoms with van der Waals surface area (Å²) in [6.07, 6.45) is 10.2. The van der Waals surface area contributed by atoms with E-state index < -0.39 is 10.1 Å². The Kier molecular flexibility index (Phi) is 8.80. The van der Waals surface area contributed by atoms with Gasteiger partial charge in [-0.05, 0) is 42.7 Å². The molecule has 0 atom stereocenters. The van der Waals surface area contributed by atoms with Gasteiger partial charge in [0.25, 0.3) is 10.1 Å². The molecule has 2 N–H and O–H groups in total. The molecular weight excluding hydrogens is 376 g/mol. The number of hydrogen-bond donors (Lipinski definition) is 2. The van der Waals surface area contributed by atoms with Crippen LogP contribution in [0.1, 0.15) is 63.9 Å². The van der Waals surface area contributed by atoms with Crippen LogP contribution in [0.4, 0.5) is 0 Å². The van der Waals surface area contributed by atoms with Crippen LogP contribution in [0, 0.1) is 0 Å². The molecule has 0 heterocycles. The summed E-state index contributed by atoms with van der Waals surface area (Å²) < 4.78 is 38.3. The van der Waals surface area contributed by atoms with Gasteiger partial charge < -0.3 is 9.84 Å². The van der Waals surface area contributed by atoms with Crippen LogP contribution < -0.4 is 4.74 Å². The van der Waals surface area contributed by atoms with Crippen molar-refractivity contribution in [1.82, 2.24) is 0 Å². The Morgan fingerprint density at radius 2 is 1.54 bits per heavy atom. The monoisotopic (exact) mass is 406 g/mol. The predicted molar refractivity (Wildman–Crippen MR) is 111 cm³/mol. The van der Waals surface area contributed by atoms with Crippen molar-refractivity contribution in [3.63, 3.8) is 0 Å². The quantitative estimate of drug-likeness (QED) is 0.328. The highest BCUT2D eigenvalue weighted by Gasteiger charge is 2.14. The number of hydrogen-bond acceptors (Lipinski definition) is 4. The van der Waals surface area contributed by atoms with E-state index in [9.17, 15) is 18.1 Å². The van der Waals surface area contributed by atoms with Crippen LogP contribution >= 0.6 is 0 Å². The van der Waals surface area contributed by atoms with Gasteiger partial charge >= 0.3 is 0 Å². The zero-order chi connectivity index (χ0) is 20.4. The first-order chi connectivity index (χ1) is 13.4. The zero-order valence-electron chi connectivity index (χ0n) is 16.4. The number of rotatable bonds is 12. The van der Waals surface area contributed by atoms with Crippen LogP contribution in [0.3, 0.4) is 0 Å². The third-order valence-corrected chi connectivity index (χ3v) is 5.48. The summed E-state index contributed by atoms with van der Waals surface area (Å²) in [6, 6.07) is 11.0. The molecule has 0 aliphatic heterocycles. The lowest BCUT2D eigenvalue weighted by atomic mass is 10.0. The van der Waals surface area contributed by atoms with Crippen molar-refractivity contribution in [2.24, 2.45) is 0 Å². The topological polar surface area (TPSA) is 83.8 Å². The van der Waals surface area contributed by atoms with Crippen molar-refractivity contribution in [3.05, 3.63) is 48.0 Å². The molecule has 0 aromatic heterocycles. The lowest BCUT2D eigenvalue weighted by Gasteiger charge is -2.11. The largest absolute Gasteiger partial charge is 0.504 e. The first-order valence-electron chi connectivity index (χ1n) is 9.97. The van der Waals surface area contributed by atoms with E-state index in [-0.39, 0.29) is 22.1 Å². The molecule has 0 spiro atoms. The molecule has 2 aromatic carbocycles. The van der Waals surface area contributed by atoms with Crippen molar-refractivity contribution < 1.29 is 22.8 Å². The van der Waals surface area contributed by atoms with E-state index in [1.54, 1.807) is 24.3 Å². The summed E-state index contributed by atoms with van der Waals surface area (Å²) in [7, 11) is -4.34. The van der Waals surface area contributed by atoms with E-state index in [4.69, 9.17) is 4.74 Å². The third-order valence-electron chi connectivity index (χ3n) is 4.65. The number of phenolic OH excluding ortho intramolecular Hbond substituents is 1. The van der Waals surface area contributed by atoms with Crippen LogP contribution in [0.2, 0.25) is 0 Å².